The molecule has 0 radical (unpaired) electrons. The summed E-state index contributed by atoms with van der Waals surface area (Å²) in [5, 5.41) is 0. The van der Waals surface area contributed by atoms with E-state index in [0.717, 1.165) is 25.7 Å². The molecule has 8 heteroatoms. The van der Waals surface area contributed by atoms with E-state index in [1.165, 1.54) is 25.3 Å². The highest BCUT2D eigenvalue weighted by atomic mass is 32.2. The van der Waals surface area contributed by atoms with Gasteiger partial charge in [0, 0.05) is 19.2 Å². The third kappa shape index (κ3) is 5.79. The van der Waals surface area contributed by atoms with E-state index in [2.05, 4.69) is 11.3 Å². The molecule has 1 heterocycles. The Morgan fingerprint density at radius 3 is 2.55 bits per heavy atom. The molecule has 0 aromatic heterocycles. The van der Waals surface area contributed by atoms with Crippen molar-refractivity contribution in [2.45, 2.75) is 30.6 Å². The van der Waals surface area contributed by atoms with E-state index in [1.807, 2.05) is 0 Å². The van der Waals surface area contributed by atoms with Crippen molar-refractivity contribution in [3.63, 3.8) is 0 Å². The lowest BCUT2D eigenvalue weighted by Gasteiger charge is -2.22. The Kier molecular flexibility index (Phi) is 7.57. The highest BCUT2D eigenvalue weighted by Crippen LogP contribution is 2.27. The standard InChI is InChI=1S/C23H28N2O5S/c1-3-15-30-19-10-8-9-18(16-19)24-31(27,28)20-11-12-22(29-2)21(17-20)23(26)25-13-6-4-5-7-14-25/h3,8-12,16-17,24H,1,4-7,13-15H2,2H3. The summed E-state index contributed by atoms with van der Waals surface area (Å²) in [6.07, 6.45) is 5.68. The minimum atomic E-state index is -3.92. The van der Waals surface area contributed by atoms with Crippen LogP contribution in [0.25, 0.3) is 0 Å². The molecule has 1 fully saturated rings. The molecular weight excluding hydrogens is 416 g/mol. The maximum Gasteiger partial charge on any atom is 0.261 e. The molecule has 2 aromatic carbocycles. The van der Waals surface area contributed by atoms with Gasteiger partial charge in [-0.05, 0) is 43.2 Å². The van der Waals surface area contributed by atoms with Gasteiger partial charge in [0.1, 0.15) is 18.1 Å². The summed E-state index contributed by atoms with van der Waals surface area (Å²) >= 11 is 0. The van der Waals surface area contributed by atoms with Gasteiger partial charge in [-0.3, -0.25) is 9.52 Å². The second kappa shape index (κ2) is 10.3. The molecule has 2 aromatic rings. The number of rotatable bonds is 8. The fourth-order valence-corrected chi connectivity index (χ4v) is 4.56. The van der Waals surface area contributed by atoms with Crippen LogP contribution in [-0.2, 0) is 10.0 Å². The summed E-state index contributed by atoms with van der Waals surface area (Å²) in [7, 11) is -2.45. The summed E-state index contributed by atoms with van der Waals surface area (Å²) in [6, 6.07) is 11.0. The number of anilines is 1. The first-order valence-electron chi connectivity index (χ1n) is 10.3. The molecule has 31 heavy (non-hydrogen) atoms. The van der Waals surface area contributed by atoms with E-state index in [-0.39, 0.29) is 16.4 Å². The van der Waals surface area contributed by atoms with Crippen LogP contribution in [0, 0.1) is 0 Å². The predicted octanol–water partition coefficient (Wildman–Crippen LogP) is 4.08. The predicted molar refractivity (Wildman–Crippen MR) is 120 cm³/mol. The molecule has 1 amide bonds. The van der Waals surface area contributed by atoms with Crippen molar-refractivity contribution in [1.82, 2.24) is 4.90 Å². The van der Waals surface area contributed by atoms with E-state index in [0.29, 0.717) is 36.9 Å². The topological polar surface area (TPSA) is 84.9 Å². The van der Waals surface area contributed by atoms with Gasteiger partial charge in [-0.1, -0.05) is 31.6 Å². The first kappa shape index (κ1) is 22.7. The Morgan fingerprint density at radius 2 is 1.87 bits per heavy atom. The minimum Gasteiger partial charge on any atom is -0.496 e. The van der Waals surface area contributed by atoms with Gasteiger partial charge in [0.2, 0.25) is 0 Å². The number of benzene rings is 2. The molecule has 7 nitrogen and oxygen atoms in total. The van der Waals surface area contributed by atoms with Crippen LogP contribution in [-0.4, -0.2) is 46.0 Å². The summed E-state index contributed by atoms with van der Waals surface area (Å²) in [5.41, 5.74) is 0.605. The lowest BCUT2D eigenvalue weighted by atomic mass is 10.1. The van der Waals surface area contributed by atoms with Crippen LogP contribution in [0.4, 0.5) is 5.69 Å². The van der Waals surface area contributed by atoms with Crippen molar-refractivity contribution < 1.29 is 22.7 Å². The average molecular weight is 445 g/mol. The number of nitrogens with zero attached hydrogens (tertiary/aromatic N) is 1. The molecule has 0 saturated carbocycles. The second-order valence-corrected chi connectivity index (χ2v) is 8.98. The van der Waals surface area contributed by atoms with Crippen LogP contribution in [0.2, 0.25) is 0 Å². The van der Waals surface area contributed by atoms with Crippen LogP contribution in [0.15, 0.2) is 60.0 Å². The number of ether oxygens (including phenoxy) is 2. The first-order chi connectivity index (χ1) is 14.9. The SMILES string of the molecule is C=CCOc1cccc(NS(=O)(=O)c2ccc(OC)c(C(=O)N3CCCCCC3)c2)c1. The number of methoxy groups -OCH3 is 1. The summed E-state index contributed by atoms with van der Waals surface area (Å²) in [4.78, 5) is 14.9. The van der Waals surface area contributed by atoms with Gasteiger partial charge in [-0.25, -0.2) is 8.42 Å². The van der Waals surface area contributed by atoms with E-state index < -0.39 is 10.0 Å². The third-order valence-corrected chi connectivity index (χ3v) is 6.44. The monoisotopic (exact) mass is 444 g/mol. The zero-order valence-electron chi connectivity index (χ0n) is 17.7. The summed E-state index contributed by atoms with van der Waals surface area (Å²) in [5.74, 6) is 0.663. The normalized spacial score (nSPS) is 14.4. The van der Waals surface area contributed by atoms with Crippen LogP contribution in [0.5, 0.6) is 11.5 Å². The number of hydrogen-bond acceptors (Lipinski definition) is 5. The number of likely N-dealkylation sites (tertiary alicyclic amines) is 1. The Morgan fingerprint density at radius 1 is 1.13 bits per heavy atom. The number of sulfonamides is 1. The molecule has 0 aliphatic carbocycles. The number of carbonyl (C=O) groups excluding carboxylic acids is 1. The first-order valence-corrected chi connectivity index (χ1v) is 11.8. The molecule has 1 N–H and O–H groups in total. The molecule has 3 rings (SSSR count). The molecule has 0 atom stereocenters. The number of hydrogen-bond donors (Lipinski definition) is 1. The highest BCUT2D eigenvalue weighted by Gasteiger charge is 2.24. The molecule has 0 spiro atoms. The van der Waals surface area contributed by atoms with Gasteiger partial charge in [0.05, 0.1) is 23.3 Å². The van der Waals surface area contributed by atoms with E-state index in [9.17, 15) is 13.2 Å². The average Bonchev–Trinajstić information content (AvgIpc) is 3.06. The fraction of sp³-hybridized carbons (Fsp3) is 0.348. The van der Waals surface area contributed by atoms with Crippen molar-refractivity contribution in [1.29, 1.82) is 0 Å². The van der Waals surface area contributed by atoms with Crippen molar-refractivity contribution >= 4 is 21.6 Å². The van der Waals surface area contributed by atoms with Gasteiger partial charge in [-0.15, -0.1) is 0 Å². The van der Waals surface area contributed by atoms with Crippen molar-refractivity contribution in [2.75, 3.05) is 31.5 Å². The molecule has 0 bridgehead atoms. The molecule has 166 valence electrons. The zero-order chi connectivity index (χ0) is 22.3. The zero-order valence-corrected chi connectivity index (χ0v) is 18.5. The highest BCUT2D eigenvalue weighted by molar-refractivity contribution is 7.92. The van der Waals surface area contributed by atoms with Gasteiger partial charge >= 0.3 is 0 Å². The van der Waals surface area contributed by atoms with E-state index >= 15 is 0 Å². The lowest BCUT2D eigenvalue weighted by molar-refractivity contribution is 0.0758. The van der Waals surface area contributed by atoms with E-state index in [1.54, 1.807) is 35.2 Å². The lowest BCUT2D eigenvalue weighted by Crippen LogP contribution is -2.32. The van der Waals surface area contributed by atoms with Crippen LogP contribution in [0.1, 0.15) is 36.0 Å². The van der Waals surface area contributed by atoms with Gasteiger partial charge in [0.25, 0.3) is 15.9 Å². The maximum absolute atomic E-state index is 13.1. The van der Waals surface area contributed by atoms with Crippen LogP contribution >= 0.6 is 0 Å². The molecule has 1 aliphatic rings. The van der Waals surface area contributed by atoms with Gasteiger partial charge in [0.15, 0.2) is 0 Å². The van der Waals surface area contributed by atoms with Crippen molar-refractivity contribution in [2.24, 2.45) is 0 Å². The van der Waals surface area contributed by atoms with Gasteiger partial charge < -0.3 is 14.4 Å². The Labute approximate surface area is 183 Å². The van der Waals surface area contributed by atoms with Crippen LogP contribution in [0.3, 0.4) is 0 Å². The quantitative estimate of drug-likeness (QED) is 0.620. The molecular formula is C23H28N2O5S. The molecule has 1 saturated heterocycles. The Bertz CT molecular complexity index is 1030. The van der Waals surface area contributed by atoms with Crippen molar-refractivity contribution in [3.05, 3.63) is 60.7 Å². The number of amides is 1. The third-order valence-electron chi connectivity index (χ3n) is 5.06. The smallest absolute Gasteiger partial charge is 0.261 e. The fourth-order valence-electron chi connectivity index (χ4n) is 3.48. The number of nitrogens with one attached hydrogen (secondary N) is 1. The van der Waals surface area contributed by atoms with Crippen molar-refractivity contribution in [3.8, 4) is 11.5 Å². The number of carbonyl (C=O) groups is 1. The molecule has 0 unspecified atom stereocenters. The molecule has 1 aliphatic heterocycles. The Balaban J connectivity index is 1.87. The minimum absolute atomic E-state index is 0.0103. The summed E-state index contributed by atoms with van der Waals surface area (Å²) < 4.78 is 39.3. The second-order valence-electron chi connectivity index (χ2n) is 7.30. The Hall–Kier alpha value is -3.00. The van der Waals surface area contributed by atoms with E-state index in [4.69, 9.17) is 9.47 Å². The maximum atomic E-state index is 13.1. The summed E-state index contributed by atoms with van der Waals surface area (Å²) in [6.45, 7) is 5.23. The van der Waals surface area contributed by atoms with Crippen LogP contribution < -0.4 is 14.2 Å². The van der Waals surface area contributed by atoms with Gasteiger partial charge in [-0.2, -0.15) is 0 Å². The largest absolute Gasteiger partial charge is 0.496 e.